The van der Waals surface area contributed by atoms with E-state index in [0.717, 1.165) is 44.9 Å². The Morgan fingerprint density at radius 2 is 0.610 bits per heavy atom. The summed E-state index contributed by atoms with van der Waals surface area (Å²) in [6.45, 7) is 4.93. The third-order valence-corrected chi connectivity index (χ3v) is 16.5. The number of amides is 1. The van der Waals surface area contributed by atoms with Crippen molar-refractivity contribution >= 4 is 11.9 Å². The number of rotatable bonds is 66. The Morgan fingerprint density at radius 3 is 0.922 bits per heavy atom. The van der Waals surface area contributed by atoms with Crippen LogP contribution in [0.15, 0.2) is 24.3 Å². The highest BCUT2D eigenvalue weighted by Crippen LogP contribution is 2.19. The summed E-state index contributed by atoms with van der Waals surface area (Å²) in [6.07, 6.45) is 83.9. The number of ether oxygens (including phenoxy) is 1. The molecule has 0 aliphatic heterocycles. The Bertz CT molecular complexity index is 1200. The summed E-state index contributed by atoms with van der Waals surface area (Å²) in [5.41, 5.74) is 0. The maximum atomic E-state index is 12.5. The van der Waals surface area contributed by atoms with Gasteiger partial charge in [0.1, 0.15) is 0 Å². The maximum Gasteiger partial charge on any atom is 0.305 e. The summed E-state index contributed by atoms with van der Waals surface area (Å²) < 4.78 is 5.51. The molecule has 3 N–H and O–H groups in total. The van der Waals surface area contributed by atoms with Gasteiger partial charge in [0.25, 0.3) is 0 Å². The molecular formula is C71H137NO5. The monoisotopic (exact) mass is 1080 g/mol. The largest absolute Gasteiger partial charge is 0.466 e. The van der Waals surface area contributed by atoms with Gasteiger partial charge in [-0.05, 0) is 57.8 Å². The van der Waals surface area contributed by atoms with Crippen molar-refractivity contribution in [1.29, 1.82) is 0 Å². The highest BCUT2D eigenvalue weighted by Gasteiger charge is 2.18. The molecular weight excluding hydrogens is 947 g/mol. The van der Waals surface area contributed by atoms with Gasteiger partial charge < -0.3 is 20.3 Å². The summed E-state index contributed by atoms with van der Waals surface area (Å²) in [5.74, 6) is -0.0577. The number of allylic oxidation sites excluding steroid dienone is 3. The summed E-state index contributed by atoms with van der Waals surface area (Å²) in [6, 6.07) is -0.631. The van der Waals surface area contributed by atoms with Gasteiger partial charge in [-0.1, -0.05) is 346 Å². The van der Waals surface area contributed by atoms with Gasteiger partial charge in [-0.3, -0.25) is 9.59 Å². The lowest BCUT2D eigenvalue weighted by molar-refractivity contribution is -0.143. The molecule has 0 saturated heterocycles. The molecule has 0 aliphatic carbocycles. The average molecular weight is 1080 g/mol. The van der Waals surface area contributed by atoms with E-state index in [1.54, 1.807) is 6.08 Å². The Morgan fingerprint density at radius 1 is 0.351 bits per heavy atom. The number of esters is 1. The fraction of sp³-hybridized carbons (Fsp3) is 0.915. The number of carbonyl (C=O) groups is 2. The van der Waals surface area contributed by atoms with Gasteiger partial charge in [-0.25, -0.2) is 0 Å². The predicted molar refractivity (Wildman–Crippen MR) is 338 cm³/mol. The normalized spacial score (nSPS) is 12.6. The van der Waals surface area contributed by atoms with Crippen LogP contribution >= 0.6 is 0 Å². The Kier molecular flexibility index (Phi) is 65.4. The molecule has 0 spiro atoms. The first-order valence-electron chi connectivity index (χ1n) is 35.1. The molecule has 6 heteroatoms. The van der Waals surface area contributed by atoms with Crippen LogP contribution in [0, 0.1) is 0 Å². The topological polar surface area (TPSA) is 95.9 Å². The van der Waals surface area contributed by atoms with Crippen molar-refractivity contribution in [3.8, 4) is 0 Å². The fourth-order valence-electron chi connectivity index (χ4n) is 11.1. The van der Waals surface area contributed by atoms with Crippen LogP contribution in [0.25, 0.3) is 0 Å². The highest BCUT2D eigenvalue weighted by atomic mass is 16.5. The van der Waals surface area contributed by atoms with Crippen LogP contribution in [0.4, 0.5) is 0 Å². The second-order valence-corrected chi connectivity index (χ2v) is 24.2. The molecule has 0 fully saturated rings. The van der Waals surface area contributed by atoms with Gasteiger partial charge in [0.05, 0.1) is 25.4 Å². The summed E-state index contributed by atoms with van der Waals surface area (Å²) in [4.78, 5) is 24.6. The zero-order chi connectivity index (χ0) is 55.7. The van der Waals surface area contributed by atoms with Gasteiger partial charge in [0, 0.05) is 12.8 Å². The zero-order valence-electron chi connectivity index (χ0n) is 52.2. The van der Waals surface area contributed by atoms with E-state index < -0.39 is 12.1 Å². The Labute approximate surface area is 481 Å². The van der Waals surface area contributed by atoms with Gasteiger partial charge in [-0.2, -0.15) is 0 Å². The van der Waals surface area contributed by atoms with E-state index in [4.69, 9.17) is 4.74 Å². The molecule has 0 aliphatic rings. The predicted octanol–water partition coefficient (Wildman–Crippen LogP) is 22.5. The van der Waals surface area contributed by atoms with E-state index >= 15 is 0 Å². The van der Waals surface area contributed by atoms with E-state index in [2.05, 4.69) is 31.3 Å². The Balaban J connectivity index is 3.41. The lowest BCUT2D eigenvalue weighted by Crippen LogP contribution is -2.45. The third kappa shape index (κ3) is 63.4. The minimum atomic E-state index is -0.848. The zero-order valence-corrected chi connectivity index (χ0v) is 52.2. The smallest absolute Gasteiger partial charge is 0.305 e. The van der Waals surface area contributed by atoms with Crippen LogP contribution in [-0.4, -0.2) is 47.4 Å². The van der Waals surface area contributed by atoms with E-state index in [1.165, 1.54) is 321 Å². The molecule has 6 nitrogen and oxygen atoms in total. The SMILES string of the molecule is CCCCCCCC/C=C\CCCCCCCCCCCC(=O)OCCCCCCCCCCCCCCCCCCCCCC(=O)NC(CO)C(O)/C=C/CCCCCCCCCCCCCCCCCCCCCC. The van der Waals surface area contributed by atoms with Crippen molar-refractivity contribution in [2.75, 3.05) is 13.2 Å². The molecule has 2 atom stereocenters. The highest BCUT2D eigenvalue weighted by molar-refractivity contribution is 5.76. The second kappa shape index (κ2) is 66.8. The second-order valence-electron chi connectivity index (χ2n) is 24.2. The first-order chi connectivity index (χ1) is 38.0. The molecule has 77 heavy (non-hydrogen) atoms. The minimum Gasteiger partial charge on any atom is -0.466 e. The number of hydrogen-bond donors (Lipinski definition) is 3. The molecule has 0 bridgehead atoms. The van der Waals surface area contributed by atoms with Crippen LogP contribution < -0.4 is 5.32 Å². The van der Waals surface area contributed by atoms with Crippen LogP contribution in [-0.2, 0) is 14.3 Å². The third-order valence-electron chi connectivity index (χ3n) is 16.5. The average Bonchev–Trinajstić information content (AvgIpc) is 3.43. The quantitative estimate of drug-likeness (QED) is 0.0320. The molecule has 1 amide bonds. The molecule has 0 rings (SSSR count). The number of carbonyl (C=O) groups excluding carboxylic acids is 2. The molecule has 0 heterocycles. The van der Waals surface area contributed by atoms with E-state index in [1.807, 2.05) is 6.08 Å². The first-order valence-corrected chi connectivity index (χ1v) is 35.1. The van der Waals surface area contributed by atoms with Crippen molar-refractivity contribution in [1.82, 2.24) is 5.32 Å². The molecule has 456 valence electrons. The fourth-order valence-corrected chi connectivity index (χ4v) is 11.1. The summed E-state index contributed by atoms with van der Waals surface area (Å²) >= 11 is 0. The van der Waals surface area contributed by atoms with Gasteiger partial charge in [0.2, 0.25) is 5.91 Å². The Hall–Kier alpha value is -1.66. The number of nitrogens with one attached hydrogen (secondary N) is 1. The van der Waals surface area contributed by atoms with Crippen LogP contribution in [0.2, 0.25) is 0 Å². The first kappa shape index (κ1) is 75.3. The van der Waals surface area contributed by atoms with Crippen molar-refractivity contribution in [3.63, 3.8) is 0 Å². The number of hydrogen-bond acceptors (Lipinski definition) is 5. The maximum absolute atomic E-state index is 12.5. The molecule has 0 aromatic heterocycles. The van der Waals surface area contributed by atoms with Crippen molar-refractivity contribution in [3.05, 3.63) is 24.3 Å². The standard InChI is InChI=1S/C71H137NO5/c1-3-5-7-9-11-13-15-17-19-21-23-24-25-28-31-35-39-43-47-51-55-59-63-69(74)68(67-73)72-70(75)64-60-56-52-48-44-40-36-32-29-26-30-34-38-42-46-50-54-58-62-66-77-71(76)65-61-57-53-49-45-41-37-33-27-22-20-18-16-14-12-10-8-6-4-2/h18,20,59,63,68-69,73-74H,3-17,19,21-58,60-62,64-67H2,1-2H3,(H,72,75)/b20-18-,63-59+. The van der Waals surface area contributed by atoms with Gasteiger partial charge in [0.15, 0.2) is 0 Å². The minimum absolute atomic E-state index is 0.00893. The van der Waals surface area contributed by atoms with Crippen molar-refractivity contribution < 1.29 is 24.5 Å². The summed E-state index contributed by atoms with van der Waals surface area (Å²) in [7, 11) is 0. The number of aliphatic hydroxyl groups excluding tert-OH is 2. The molecule has 0 aromatic carbocycles. The molecule has 0 aromatic rings. The van der Waals surface area contributed by atoms with E-state index in [0.29, 0.717) is 19.4 Å². The summed E-state index contributed by atoms with van der Waals surface area (Å²) in [5, 5.41) is 23.3. The van der Waals surface area contributed by atoms with E-state index in [-0.39, 0.29) is 18.5 Å². The van der Waals surface area contributed by atoms with Gasteiger partial charge in [-0.15, -0.1) is 0 Å². The van der Waals surface area contributed by atoms with Crippen molar-refractivity contribution in [2.24, 2.45) is 0 Å². The molecule has 2 unspecified atom stereocenters. The van der Waals surface area contributed by atoms with Crippen LogP contribution in [0.3, 0.4) is 0 Å². The lowest BCUT2D eigenvalue weighted by Gasteiger charge is -2.20. The van der Waals surface area contributed by atoms with Crippen molar-refractivity contribution in [2.45, 2.75) is 405 Å². The van der Waals surface area contributed by atoms with Gasteiger partial charge >= 0.3 is 5.97 Å². The van der Waals surface area contributed by atoms with E-state index in [9.17, 15) is 19.8 Å². The molecule has 0 radical (unpaired) electrons. The van der Waals surface area contributed by atoms with Crippen LogP contribution in [0.5, 0.6) is 0 Å². The van der Waals surface area contributed by atoms with Crippen LogP contribution in [0.1, 0.15) is 393 Å². The number of unbranched alkanes of at least 4 members (excludes halogenated alkanes) is 53. The lowest BCUT2D eigenvalue weighted by atomic mass is 10.0. The molecule has 0 saturated carbocycles. The number of aliphatic hydroxyl groups is 2.